The number of phenols is 1. The Bertz CT molecular complexity index is 574. The number of hydrogen-bond donors (Lipinski definition) is 2. The zero-order valence-corrected chi connectivity index (χ0v) is 11.0. The smallest absolute Gasteiger partial charge is 0.181 e. The lowest BCUT2D eigenvalue weighted by atomic mass is 9.88. The lowest BCUT2D eigenvalue weighted by Gasteiger charge is -2.26. The quantitative estimate of drug-likeness (QED) is 0.756. The van der Waals surface area contributed by atoms with E-state index in [4.69, 9.17) is 0 Å². The molecular formula is C13H17NO3S. The summed E-state index contributed by atoms with van der Waals surface area (Å²) in [6, 6.07) is 4.44. The van der Waals surface area contributed by atoms with Crippen LogP contribution in [-0.4, -0.2) is 25.8 Å². The van der Waals surface area contributed by atoms with Crippen molar-refractivity contribution < 1.29 is 13.5 Å². The molecule has 0 bridgehead atoms. The summed E-state index contributed by atoms with van der Waals surface area (Å²) >= 11 is 0. The Kier molecular flexibility index (Phi) is 2.55. The van der Waals surface area contributed by atoms with Gasteiger partial charge in [-0.2, -0.15) is 0 Å². The van der Waals surface area contributed by atoms with Gasteiger partial charge in [-0.25, -0.2) is 8.42 Å². The van der Waals surface area contributed by atoms with Crippen LogP contribution in [0.25, 0.3) is 0 Å². The summed E-state index contributed by atoms with van der Waals surface area (Å²) in [6.07, 6.45) is 4.16. The minimum atomic E-state index is -3.26. The number of aromatic hydroxyl groups is 1. The number of benzene rings is 1. The Hall–Kier alpha value is -1.23. The molecule has 1 aliphatic carbocycles. The predicted octanol–water partition coefficient (Wildman–Crippen LogP) is 2.15. The van der Waals surface area contributed by atoms with E-state index in [-0.39, 0.29) is 16.9 Å². The van der Waals surface area contributed by atoms with Crippen molar-refractivity contribution in [3.05, 3.63) is 18.2 Å². The molecule has 0 unspecified atom stereocenters. The van der Waals surface area contributed by atoms with E-state index >= 15 is 0 Å². The molecule has 0 radical (unpaired) electrons. The van der Waals surface area contributed by atoms with Crippen LogP contribution in [0.4, 0.5) is 5.69 Å². The van der Waals surface area contributed by atoms with Crippen LogP contribution >= 0.6 is 0 Å². The number of sulfone groups is 1. The van der Waals surface area contributed by atoms with E-state index in [0.717, 1.165) is 25.7 Å². The summed E-state index contributed by atoms with van der Waals surface area (Å²) in [5, 5.41) is 12.7. The maximum absolute atomic E-state index is 12.4. The second-order valence-electron chi connectivity index (χ2n) is 5.50. The van der Waals surface area contributed by atoms with Gasteiger partial charge in [0.25, 0.3) is 0 Å². The number of phenolic OH excluding ortho intramolecular Hbond substituents is 1. The molecule has 0 amide bonds. The van der Waals surface area contributed by atoms with Gasteiger partial charge >= 0.3 is 0 Å². The number of rotatable bonds is 0. The molecule has 1 saturated carbocycles. The van der Waals surface area contributed by atoms with Crippen molar-refractivity contribution in [2.24, 2.45) is 5.41 Å². The molecule has 0 saturated heterocycles. The molecule has 1 aromatic rings. The average Bonchev–Trinajstić information content (AvgIpc) is 2.70. The number of hydrogen-bond acceptors (Lipinski definition) is 4. The van der Waals surface area contributed by atoms with Crippen LogP contribution in [0.5, 0.6) is 5.75 Å². The third kappa shape index (κ3) is 1.86. The minimum absolute atomic E-state index is 0.0961. The average molecular weight is 267 g/mol. The van der Waals surface area contributed by atoms with E-state index in [0.29, 0.717) is 17.1 Å². The summed E-state index contributed by atoms with van der Waals surface area (Å²) in [6.45, 7) is 0.683. The van der Waals surface area contributed by atoms with Crippen molar-refractivity contribution in [3.63, 3.8) is 0 Å². The third-order valence-corrected chi connectivity index (χ3v) is 6.13. The molecule has 2 aliphatic rings. The zero-order chi connectivity index (χ0) is 12.8. The highest BCUT2D eigenvalue weighted by Crippen LogP contribution is 2.43. The Balaban J connectivity index is 2.08. The molecule has 1 heterocycles. The first-order chi connectivity index (χ1) is 8.51. The van der Waals surface area contributed by atoms with Crippen molar-refractivity contribution >= 4 is 15.5 Å². The van der Waals surface area contributed by atoms with Crippen molar-refractivity contribution in [1.29, 1.82) is 0 Å². The molecule has 5 heteroatoms. The fourth-order valence-electron chi connectivity index (χ4n) is 3.19. The van der Waals surface area contributed by atoms with Crippen molar-refractivity contribution in [3.8, 4) is 5.75 Å². The monoisotopic (exact) mass is 267 g/mol. The zero-order valence-electron chi connectivity index (χ0n) is 10.1. The van der Waals surface area contributed by atoms with Gasteiger partial charge < -0.3 is 10.4 Å². The summed E-state index contributed by atoms with van der Waals surface area (Å²) in [5.41, 5.74) is 0.423. The molecule has 3 rings (SSSR count). The number of nitrogens with one attached hydrogen (secondary N) is 1. The molecule has 2 N–H and O–H groups in total. The summed E-state index contributed by atoms with van der Waals surface area (Å²) < 4.78 is 24.9. The van der Waals surface area contributed by atoms with Gasteiger partial charge in [0.1, 0.15) is 5.75 Å². The highest BCUT2D eigenvalue weighted by molar-refractivity contribution is 7.91. The number of fused-ring (bicyclic) bond motifs is 1. The van der Waals surface area contributed by atoms with Gasteiger partial charge in [0.05, 0.1) is 16.3 Å². The maximum atomic E-state index is 12.4. The Morgan fingerprint density at radius 3 is 2.67 bits per heavy atom. The normalized spacial score (nSPS) is 24.2. The van der Waals surface area contributed by atoms with Crippen LogP contribution in [0.15, 0.2) is 23.1 Å². The summed E-state index contributed by atoms with van der Waals surface area (Å²) in [4.78, 5) is 0.323. The van der Waals surface area contributed by atoms with Gasteiger partial charge in [-0.15, -0.1) is 0 Å². The second-order valence-corrected chi connectivity index (χ2v) is 7.46. The van der Waals surface area contributed by atoms with E-state index in [1.54, 1.807) is 0 Å². The van der Waals surface area contributed by atoms with Crippen LogP contribution in [0, 0.1) is 5.41 Å². The SMILES string of the molecule is O=S1(=O)CC2(CCCC2)CNc2cc(O)ccc21. The maximum Gasteiger partial charge on any atom is 0.181 e. The topological polar surface area (TPSA) is 66.4 Å². The van der Waals surface area contributed by atoms with Crippen LogP contribution < -0.4 is 5.32 Å². The molecule has 1 fully saturated rings. The van der Waals surface area contributed by atoms with Crippen molar-refractivity contribution in [2.45, 2.75) is 30.6 Å². The predicted molar refractivity (Wildman–Crippen MR) is 69.6 cm³/mol. The number of anilines is 1. The van der Waals surface area contributed by atoms with Gasteiger partial charge in [0, 0.05) is 18.0 Å². The molecule has 98 valence electrons. The Morgan fingerprint density at radius 1 is 1.22 bits per heavy atom. The Labute approximate surface area is 107 Å². The molecule has 1 spiro atoms. The molecular weight excluding hydrogens is 250 g/mol. The first-order valence-electron chi connectivity index (χ1n) is 6.31. The van der Waals surface area contributed by atoms with Crippen LogP contribution in [0.1, 0.15) is 25.7 Å². The molecule has 1 aromatic carbocycles. The molecule has 1 aliphatic heterocycles. The van der Waals surface area contributed by atoms with Gasteiger partial charge in [-0.3, -0.25) is 0 Å². The van der Waals surface area contributed by atoms with E-state index < -0.39 is 9.84 Å². The third-order valence-electron chi connectivity index (χ3n) is 4.11. The van der Waals surface area contributed by atoms with Gasteiger partial charge in [-0.1, -0.05) is 12.8 Å². The van der Waals surface area contributed by atoms with Gasteiger partial charge in [-0.05, 0) is 25.0 Å². The van der Waals surface area contributed by atoms with E-state index in [1.165, 1.54) is 18.2 Å². The molecule has 0 atom stereocenters. The second kappa shape index (κ2) is 3.88. The fraction of sp³-hybridized carbons (Fsp3) is 0.538. The molecule has 0 aromatic heterocycles. The van der Waals surface area contributed by atoms with E-state index in [1.807, 2.05) is 0 Å². The highest BCUT2D eigenvalue weighted by atomic mass is 32.2. The first kappa shape index (κ1) is 11.8. The van der Waals surface area contributed by atoms with E-state index in [9.17, 15) is 13.5 Å². The largest absolute Gasteiger partial charge is 0.508 e. The van der Waals surface area contributed by atoms with Crippen LogP contribution in [-0.2, 0) is 9.84 Å². The van der Waals surface area contributed by atoms with Gasteiger partial charge in [0.2, 0.25) is 0 Å². The van der Waals surface area contributed by atoms with E-state index in [2.05, 4.69) is 5.32 Å². The molecule has 18 heavy (non-hydrogen) atoms. The Morgan fingerprint density at radius 2 is 1.94 bits per heavy atom. The van der Waals surface area contributed by atoms with Crippen LogP contribution in [0.2, 0.25) is 0 Å². The van der Waals surface area contributed by atoms with Crippen LogP contribution in [0.3, 0.4) is 0 Å². The highest BCUT2D eigenvalue weighted by Gasteiger charge is 2.41. The first-order valence-corrected chi connectivity index (χ1v) is 7.96. The van der Waals surface area contributed by atoms with Crippen molar-refractivity contribution in [2.75, 3.05) is 17.6 Å². The van der Waals surface area contributed by atoms with Gasteiger partial charge in [0.15, 0.2) is 9.84 Å². The summed E-state index contributed by atoms with van der Waals surface area (Å²) in [5.74, 6) is 0.323. The summed E-state index contributed by atoms with van der Waals surface area (Å²) in [7, 11) is -3.26. The standard InChI is InChI=1S/C13H17NO3S/c15-10-3-4-12-11(7-10)14-8-13(5-1-2-6-13)9-18(12,16)17/h3-4,7,14-15H,1-2,5-6,8-9H2. The van der Waals surface area contributed by atoms with Crippen molar-refractivity contribution in [1.82, 2.24) is 0 Å². The minimum Gasteiger partial charge on any atom is -0.508 e. The molecule has 4 nitrogen and oxygen atoms in total. The lowest BCUT2D eigenvalue weighted by molar-refractivity contribution is 0.365. The fourth-order valence-corrected chi connectivity index (χ4v) is 5.28. The lowest BCUT2D eigenvalue weighted by Crippen LogP contribution is -2.31.